The maximum Gasteiger partial charge on any atom is 0.230 e. The normalized spacial score (nSPS) is 11.3. The van der Waals surface area contributed by atoms with Gasteiger partial charge < -0.3 is 10.3 Å². The van der Waals surface area contributed by atoms with Crippen LogP contribution < -0.4 is 5.32 Å². The van der Waals surface area contributed by atoms with Crippen LogP contribution in [0.5, 0.6) is 0 Å². The van der Waals surface area contributed by atoms with Crippen molar-refractivity contribution < 1.29 is 4.79 Å². The molecular weight excluding hydrogens is 362 g/mol. The second-order valence-electron chi connectivity index (χ2n) is 5.45. The van der Waals surface area contributed by atoms with E-state index < -0.39 is 0 Å². The van der Waals surface area contributed by atoms with Crippen LogP contribution in [0.3, 0.4) is 0 Å². The van der Waals surface area contributed by atoms with Crippen LogP contribution in [0, 0.1) is 0 Å². The van der Waals surface area contributed by atoms with Gasteiger partial charge in [0.2, 0.25) is 5.91 Å². The molecule has 0 aliphatic carbocycles. The first-order valence-electron chi connectivity index (χ1n) is 7.04. The van der Waals surface area contributed by atoms with Gasteiger partial charge in [0.15, 0.2) is 5.13 Å². The Morgan fingerprint density at radius 3 is 3.00 bits per heavy atom. The van der Waals surface area contributed by atoms with Crippen molar-refractivity contribution in [2.75, 3.05) is 5.32 Å². The smallest absolute Gasteiger partial charge is 0.230 e. The minimum atomic E-state index is -0.0504. The lowest BCUT2D eigenvalue weighted by Gasteiger charge is -2.01. The molecule has 3 rings (SSSR count). The number of H-pyrrole nitrogens is 1. The molecule has 4 nitrogen and oxygen atoms in total. The lowest BCUT2D eigenvalue weighted by molar-refractivity contribution is -0.115. The van der Waals surface area contributed by atoms with Gasteiger partial charge in [-0.15, -0.1) is 11.3 Å². The summed E-state index contributed by atoms with van der Waals surface area (Å²) in [4.78, 5) is 20.8. The van der Waals surface area contributed by atoms with Crippen molar-refractivity contribution in [1.29, 1.82) is 0 Å². The number of halogens is 1. The van der Waals surface area contributed by atoms with Crippen molar-refractivity contribution in [2.45, 2.75) is 26.2 Å². The molecule has 0 aliphatic heterocycles. The zero-order valence-corrected chi connectivity index (χ0v) is 14.7. The molecule has 0 fully saturated rings. The van der Waals surface area contributed by atoms with Crippen LogP contribution in [-0.4, -0.2) is 15.9 Å². The Kier molecular flexibility index (Phi) is 4.31. The maximum atomic E-state index is 12.2. The van der Waals surface area contributed by atoms with E-state index in [2.05, 4.69) is 45.1 Å². The molecule has 0 radical (unpaired) electrons. The molecule has 1 amide bonds. The Bertz CT molecular complexity index is 822. The third-order valence-electron chi connectivity index (χ3n) is 3.42. The van der Waals surface area contributed by atoms with Crippen molar-refractivity contribution >= 4 is 49.2 Å². The fourth-order valence-electron chi connectivity index (χ4n) is 2.24. The van der Waals surface area contributed by atoms with Crippen LogP contribution in [0.15, 0.2) is 35.1 Å². The number of hydrogen-bond donors (Lipinski definition) is 2. The number of aromatic nitrogens is 2. The Balaban J connectivity index is 1.74. The molecule has 22 heavy (non-hydrogen) atoms. The first kappa shape index (κ1) is 15.2. The monoisotopic (exact) mass is 377 g/mol. The molecule has 2 N–H and O–H groups in total. The Morgan fingerprint density at radius 1 is 1.45 bits per heavy atom. The number of fused-ring (bicyclic) bond motifs is 1. The summed E-state index contributed by atoms with van der Waals surface area (Å²) in [7, 11) is 0. The average molecular weight is 378 g/mol. The number of hydrogen-bond acceptors (Lipinski definition) is 3. The van der Waals surface area contributed by atoms with E-state index in [4.69, 9.17) is 0 Å². The van der Waals surface area contributed by atoms with Crippen molar-refractivity contribution in [3.8, 4) is 0 Å². The van der Waals surface area contributed by atoms with E-state index in [1.54, 1.807) is 0 Å². The fraction of sp³-hybridized carbons (Fsp3) is 0.250. The molecule has 2 heterocycles. The van der Waals surface area contributed by atoms with Gasteiger partial charge >= 0.3 is 0 Å². The highest BCUT2D eigenvalue weighted by Gasteiger charge is 2.12. The highest BCUT2D eigenvalue weighted by Crippen LogP contribution is 2.26. The molecule has 0 spiro atoms. The molecule has 0 saturated carbocycles. The van der Waals surface area contributed by atoms with E-state index in [-0.39, 0.29) is 5.91 Å². The second-order valence-corrected chi connectivity index (χ2v) is 7.43. The number of carbonyl (C=O) groups is 1. The number of anilines is 1. The molecule has 6 heteroatoms. The predicted molar refractivity (Wildman–Crippen MR) is 94.5 cm³/mol. The third-order valence-corrected chi connectivity index (χ3v) is 5.13. The van der Waals surface area contributed by atoms with Crippen molar-refractivity contribution in [1.82, 2.24) is 9.97 Å². The molecule has 0 aliphatic rings. The molecule has 0 saturated heterocycles. The molecule has 0 atom stereocenters. The van der Waals surface area contributed by atoms with Gasteiger partial charge in [0, 0.05) is 32.6 Å². The summed E-state index contributed by atoms with van der Waals surface area (Å²) in [6.45, 7) is 4.23. The summed E-state index contributed by atoms with van der Waals surface area (Å²) < 4.78 is 1.00. The number of rotatable bonds is 4. The Hall–Kier alpha value is -1.66. The molecule has 0 bridgehead atoms. The second kappa shape index (κ2) is 6.22. The number of benzene rings is 1. The maximum absolute atomic E-state index is 12.2. The first-order chi connectivity index (χ1) is 10.5. The van der Waals surface area contributed by atoms with Gasteiger partial charge in [-0.05, 0) is 29.7 Å². The van der Waals surface area contributed by atoms with Crippen molar-refractivity contribution in [3.63, 3.8) is 0 Å². The van der Waals surface area contributed by atoms with E-state index in [1.807, 2.05) is 30.6 Å². The van der Waals surface area contributed by atoms with E-state index >= 15 is 0 Å². The van der Waals surface area contributed by atoms with Gasteiger partial charge in [0.05, 0.1) is 6.42 Å². The van der Waals surface area contributed by atoms with E-state index in [0.717, 1.165) is 20.9 Å². The number of amides is 1. The SMILES string of the molecule is CC(C)c1cnc(NC(=O)Cc2c[nH]c3ccc(Br)cc23)s1. The van der Waals surface area contributed by atoms with Gasteiger partial charge in [0.1, 0.15) is 0 Å². The van der Waals surface area contributed by atoms with E-state index in [9.17, 15) is 4.79 Å². The Morgan fingerprint density at radius 2 is 2.27 bits per heavy atom. The van der Waals surface area contributed by atoms with Crippen LogP contribution in [0.1, 0.15) is 30.2 Å². The summed E-state index contributed by atoms with van der Waals surface area (Å²) in [5.41, 5.74) is 2.01. The number of nitrogens with zero attached hydrogens (tertiary/aromatic N) is 1. The predicted octanol–water partition coefficient (Wildman–Crippen LogP) is 4.69. The zero-order valence-electron chi connectivity index (χ0n) is 12.3. The standard InChI is InChI=1S/C16H16BrN3OS/c1-9(2)14-8-19-16(22-14)20-15(21)5-10-7-18-13-4-3-11(17)6-12(10)13/h3-4,6-9,18H,5H2,1-2H3,(H,19,20,21). The van der Waals surface area contributed by atoms with Crippen molar-refractivity contribution in [3.05, 3.63) is 45.5 Å². The number of carbonyl (C=O) groups excluding carboxylic acids is 1. The third kappa shape index (κ3) is 3.23. The lowest BCUT2D eigenvalue weighted by Crippen LogP contribution is -2.13. The topological polar surface area (TPSA) is 57.8 Å². The number of thiazole rings is 1. The molecule has 1 aromatic carbocycles. The highest BCUT2D eigenvalue weighted by molar-refractivity contribution is 9.10. The van der Waals surface area contributed by atoms with Gasteiger partial charge in [-0.2, -0.15) is 0 Å². The van der Waals surface area contributed by atoms with Crippen LogP contribution in [-0.2, 0) is 11.2 Å². The Labute approximate surface area is 141 Å². The summed E-state index contributed by atoms with van der Waals surface area (Å²) >= 11 is 4.99. The largest absolute Gasteiger partial charge is 0.361 e. The molecule has 114 valence electrons. The summed E-state index contributed by atoms with van der Waals surface area (Å²) in [5.74, 6) is 0.375. The molecule has 0 unspecified atom stereocenters. The fourth-order valence-corrected chi connectivity index (χ4v) is 3.44. The van der Waals surface area contributed by atoms with E-state index in [0.29, 0.717) is 17.5 Å². The van der Waals surface area contributed by atoms with Gasteiger partial charge in [-0.25, -0.2) is 4.98 Å². The summed E-state index contributed by atoms with van der Waals surface area (Å²) in [6.07, 6.45) is 4.04. The van der Waals surface area contributed by atoms with Crippen LogP contribution in [0.25, 0.3) is 10.9 Å². The number of nitrogens with one attached hydrogen (secondary N) is 2. The molecule has 3 aromatic rings. The number of aromatic amines is 1. The van der Waals surface area contributed by atoms with Gasteiger partial charge in [-0.1, -0.05) is 29.8 Å². The van der Waals surface area contributed by atoms with Crippen molar-refractivity contribution in [2.24, 2.45) is 0 Å². The minimum absolute atomic E-state index is 0.0504. The van der Waals surface area contributed by atoms with Crippen LogP contribution in [0.2, 0.25) is 0 Å². The average Bonchev–Trinajstić information content (AvgIpc) is 3.07. The first-order valence-corrected chi connectivity index (χ1v) is 8.65. The quantitative estimate of drug-likeness (QED) is 0.692. The zero-order chi connectivity index (χ0) is 15.7. The van der Waals surface area contributed by atoms with E-state index in [1.165, 1.54) is 16.2 Å². The molecule has 2 aromatic heterocycles. The molecular formula is C16H16BrN3OS. The lowest BCUT2D eigenvalue weighted by atomic mass is 10.1. The summed E-state index contributed by atoms with van der Waals surface area (Å²) in [6, 6.07) is 6.00. The van der Waals surface area contributed by atoms with Crippen LogP contribution >= 0.6 is 27.3 Å². The van der Waals surface area contributed by atoms with Gasteiger partial charge in [-0.3, -0.25) is 4.79 Å². The highest BCUT2D eigenvalue weighted by atomic mass is 79.9. The minimum Gasteiger partial charge on any atom is -0.361 e. The van der Waals surface area contributed by atoms with Crippen LogP contribution in [0.4, 0.5) is 5.13 Å². The summed E-state index contributed by atoms with van der Waals surface area (Å²) in [5, 5.41) is 4.60. The van der Waals surface area contributed by atoms with Gasteiger partial charge in [0.25, 0.3) is 0 Å².